The summed E-state index contributed by atoms with van der Waals surface area (Å²) in [5, 5.41) is 9.14. The fraction of sp³-hybridized carbons (Fsp3) is 0.571. The molecule has 0 amide bonds. The number of nitrogens with zero attached hydrogens (tertiary/aromatic N) is 2. The van der Waals surface area contributed by atoms with E-state index in [1.807, 2.05) is 6.07 Å². The molecule has 1 fully saturated rings. The number of rotatable bonds is 4. The minimum atomic E-state index is -0.943. The number of aromatic carboxylic acids is 1. The van der Waals surface area contributed by atoms with Gasteiger partial charge in [0.25, 0.3) is 0 Å². The van der Waals surface area contributed by atoms with Gasteiger partial charge in [-0.05, 0) is 30.9 Å². The molecule has 4 heteroatoms. The molecule has 0 bridgehead atoms. The quantitative estimate of drug-likeness (QED) is 0.890. The lowest BCUT2D eigenvalue weighted by molar-refractivity contribution is 0.0691. The summed E-state index contributed by atoms with van der Waals surface area (Å²) in [6.45, 7) is 4.10. The molecule has 0 radical (unpaired) electrons. The van der Waals surface area contributed by atoms with Gasteiger partial charge in [0, 0.05) is 19.3 Å². The Balaban J connectivity index is 2.07. The van der Waals surface area contributed by atoms with E-state index >= 15 is 0 Å². The first-order valence-electron chi connectivity index (χ1n) is 6.65. The number of aromatic nitrogens is 1. The number of carboxylic acids is 1. The van der Waals surface area contributed by atoms with Crippen LogP contribution in [0.5, 0.6) is 0 Å². The molecule has 1 aliphatic rings. The van der Waals surface area contributed by atoms with Crippen LogP contribution < -0.4 is 4.90 Å². The minimum absolute atomic E-state index is 0.173. The number of hydrogen-bond donors (Lipinski definition) is 1. The number of hydrogen-bond acceptors (Lipinski definition) is 3. The molecule has 0 aromatic carbocycles. The van der Waals surface area contributed by atoms with Crippen molar-refractivity contribution in [2.24, 2.45) is 5.92 Å². The fourth-order valence-corrected chi connectivity index (χ4v) is 2.69. The summed E-state index contributed by atoms with van der Waals surface area (Å²) in [6.07, 6.45) is 6.37. The Morgan fingerprint density at radius 2 is 2.22 bits per heavy atom. The van der Waals surface area contributed by atoms with Crippen molar-refractivity contribution < 1.29 is 9.90 Å². The third-order valence-electron chi connectivity index (χ3n) is 3.64. The van der Waals surface area contributed by atoms with Crippen molar-refractivity contribution in [1.29, 1.82) is 0 Å². The van der Waals surface area contributed by atoms with Crippen LogP contribution in [-0.2, 0) is 0 Å². The van der Waals surface area contributed by atoms with Gasteiger partial charge in [-0.3, -0.25) is 0 Å². The smallest absolute Gasteiger partial charge is 0.356 e. The standard InChI is InChI=1S/C14H20N2O2/c1-2-4-11-6-9-16(10-7-11)12-5-3-8-15-13(12)14(17)18/h3,5,8,11H,2,4,6-7,9-10H2,1H3,(H,17,18). The van der Waals surface area contributed by atoms with E-state index in [1.54, 1.807) is 6.07 Å². The molecule has 2 rings (SSSR count). The summed E-state index contributed by atoms with van der Waals surface area (Å²) in [4.78, 5) is 17.3. The van der Waals surface area contributed by atoms with Gasteiger partial charge in [-0.1, -0.05) is 19.8 Å². The minimum Gasteiger partial charge on any atom is -0.476 e. The summed E-state index contributed by atoms with van der Waals surface area (Å²) >= 11 is 0. The first kappa shape index (κ1) is 12.9. The van der Waals surface area contributed by atoms with Gasteiger partial charge < -0.3 is 10.0 Å². The largest absolute Gasteiger partial charge is 0.476 e. The van der Waals surface area contributed by atoms with E-state index in [9.17, 15) is 4.79 Å². The van der Waals surface area contributed by atoms with Gasteiger partial charge in [-0.2, -0.15) is 0 Å². The summed E-state index contributed by atoms with van der Waals surface area (Å²) in [5.41, 5.74) is 0.936. The van der Waals surface area contributed by atoms with Crippen molar-refractivity contribution in [3.63, 3.8) is 0 Å². The second kappa shape index (κ2) is 5.85. The van der Waals surface area contributed by atoms with Crippen LogP contribution in [0.2, 0.25) is 0 Å². The lowest BCUT2D eigenvalue weighted by atomic mass is 9.92. The van der Waals surface area contributed by atoms with Crippen molar-refractivity contribution in [3.8, 4) is 0 Å². The number of anilines is 1. The predicted molar refractivity (Wildman–Crippen MR) is 71.0 cm³/mol. The average molecular weight is 248 g/mol. The Kier molecular flexibility index (Phi) is 4.18. The van der Waals surface area contributed by atoms with Gasteiger partial charge in [0.15, 0.2) is 5.69 Å². The van der Waals surface area contributed by atoms with Crippen molar-refractivity contribution in [2.75, 3.05) is 18.0 Å². The van der Waals surface area contributed by atoms with E-state index in [0.29, 0.717) is 0 Å². The van der Waals surface area contributed by atoms with Gasteiger partial charge in [-0.15, -0.1) is 0 Å². The number of carbonyl (C=O) groups is 1. The highest BCUT2D eigenvalue weighted by molar-refractivity contribution is 5.92. The lowest BCUT2D eigenvalue weighted by Gasteiger charge is -2.33. The maximum absolute atomic E-state index is 11.1. The Labute approximate surface area is 108 Å². The van der Waals surface area contributed by atoms with Crippen LogP contribution in [0.25, 0.3) is 0 Å². The molecule has 98 valence electrons. The van der Waals surface area contributed by atoms with E-state index < -0.39 is 5.97 Å². The first-order valence-corrected chi connectivity index (χ1v) is 6.65. The molecule has 1 aromatic heterocycles. The summed E-state index contributed by atoms with van der Waals surface area (Å²) in [5.74, 6) is -0.141. The van der Waals surface area contributed by atoms with Crippen molar-refractivity contribution in [2.45, 2.75) is 32.6 Å². The number of pyridine rings is 1. The van der Waals surface area contributed by atoms with Crippen LogP contribution in [0.15, 0.2) is 18.3 Å². The van der Waals surface area contributed by atoms with Gasteiger partial charge in [-0.25, -0.2) is 9.78 Å². The zero-order chi connectivity index (χ0) is 13.0. The molecule has 1 aliphatic heterocycles. The molecule has 2 heterocycles. The molecular formula is C14H20N2O2. The Morgan fingerprint density at radius 3 is 2.83 bits per heavy atom. The summed E-state index contributed by atoms with van der Waals surface area (Å²) in [6, 6.07) is 3.66. The van der Waals surface area contributed by atoms with Gasteiger partial charge >= 0.3 is 5.97 Å². The lowest BCUT2D eigenvalue weighted by Crippen LogP contribution is -2.34. The summed E-state index contributed by atoms with van der Waals surface area (Å²) in [7, 11) is 0. The third kappa shape index (κ3) is 2.81. The number of carboxylic acid groups (broad SMARTS) is 1. The van der Waals surface area contributed by atoms with Crippen LogP contribution in [0.4, 0.5) is 5.69 Å². The van der Waals surface area contributed by atoms with Gasteiger partial charge in [0.2, 0.25) is 0 Å². The van der Waals surface area contributed by atoms with Crippen molar-refractivity contribution in [1.82, 2.24) is 4.98 Å². The van der Waals surface area contributed by atoms with Crippen molar-refractivity contribution in [3.05, 3.63) is 24.0 Å². The second-order valence-corrected chi connectivity index (χ2v) is 4.90. The Hall–Kier alpha value is -1.58. The maximum Gasteiger partial charge on any atom is 0.356 e. The molecule has 0 saturated carbocycles. The van der Waals surface area contributed by atoms with E-state index in [2.05, 4.69) is 16.8 Å². The van der Waals surface area contributed by atoms with Crippen LogP contribution in [0.1, 0.15) is 43.1 Å². The van der Waals surface area contributed by atoms with Crippen LogP contribution in [0, 0.1) is 5.92 Å². The number of piperidine rings is 1. The molecule has 0 aliphatic carbocycles. The zero-order valence-electron chi connectivity index (χ0n) is 10.8. The zero-order valence-corrected chi connectivity index (χ0v) is 10.8. The van der Waals surface area contributed by atoms with Gasteiger partial charge in [0.05, 0.1) is 5.69 Å². The molecule has 0 spiro atoms. The monoisotopic (exact) mass is 248 g/mol. The predicted octanol–water partition coefficient (Wildman–Crippen LogP) is 2.80. The molecular weight excluding hydrogens is 228 g/mol. The topological polar surface area (TPSA) is 53.4 Å². The molecule has 4 nitrogen and oxygen atoms in total. The van der Waals surface area contributed by atoms with Crippen LogP contribution in [-0.4, -0.2) is 29.1 Å². The highest BCUT2D eigenvalue weighted by Crippen LogP contribution is 2.27. The highest BCUT2D eigenvalue weighted by atomic mass is 16.4. The first-order chi connectivity index (χ1) is 8.72. The summed E-state index contributed by atoms with van der Waals surface area (Å²) < 4.78 is 0. The Morgan fingerprint density at radius 1 is 1.50 bits per heavy atom. The molecule has 0 atom stereocenters. The molecule has 1 N–H and O–H groups in total. The average Bonchev–Trinajstić information content (AvgIpc) is 2.40. The maximum atomic E-state index is 11.1. The molecule has 1 aromatic rings. The van der Waals surface area contributed by atoms with E-state index in [4.69, 9.17) is 5.11 Å². The van der Waals surface area contributed by atoms with Gasteiger partial charge in [0.1, 0.15) is 0 Å². The van der Waals surface area contributed by atoms with Crippen LogP contribution in [0.3, 0.4) is 0 Å². The second-order valence-electron chi connectivity index (χ2n) is 4.90. The SMILES string of the molecule is CCCC1CCN(c2cccnc2C(=O)O)CC1. The molecule has 0 unspecified atom stereocenters. The third-order valence-corrected chi connectivity index (χ3v) is 3.64. The molecule has 18 heavy (non-hydrogen) atoms. The fourth-order valence-electron chi connectivity index (χ4n) is 2.69. The Bertz CT molecular complexity index is 412. The van der Waals surface area contributed by atoms with Crippen LogP contribution >= 0.6 is 0 Å². The van der Waals surface area contributed by atoms with E-state index in [0.717, 1.165) is 37.5 Å². The molecule has 1 saturated heterocycles. The normalized spacial score (nSPS) is 16.8. The van der Waals surface area contributed by atoms with E-state index in [1.165, 1.54) is 19.0 Å². The van der Waals surface area contributed by atoms with Crippen molar-refractivity contribution >= 4 is 11.7 Å². The van der Waals surface area contributed by atoms with E-state index in [-0.39, 0.29) is 5.69 Å². The highest BCUT2D eigenvalue weighted by Gasteiger charge is 2.22.